The molecule has 0 radical (unpaired) electrons. The fraction of sp³-hybridized carbons (Fsp3) is 0.556. The molecule has 1 aliphatic rings. The van der Waals surface area contributed by atoms with Gasteiger partial charge in [0.2, 0.25) is 0 Å². The number of hydrogen-bond donors (Lipinski definition) is 1. The quantitative estimate of drug-likeness (QED) is 0.864. The number of nitrogens with one attached hydrogen (secondary N) is 1. The predicted octanol–water partition coefficient (Wildman–Crippen LogP) is 2.39. The Morgan fingerprint density at radius 3 is 3.00 bits per heavy atom. The highest BCUT2D eigenvalue weighted by molar-refractivity contribution is 14.1. The normalized spacial score (nSPS) is 17.9. The van der Waals surface area contributed by atoms with Crippen molar-refractivity contribution in [3.05, 3.63) is 16.1 Å². The van der Waals surface area contributed by atoms with Gasteiger partial charge >= 0.3 is 0 Å². The van der Waals surface area contributed by atoms with Crippen LogP contribution < -0.4 is 5.32 Å². The maximum Gasteiger partial charge on any atom is 0.142 e. The van der Waals surface area contributed by atoms with Gasteiger partial charge in [0, 0.05) is 17.5 Å². The van der Waals surface area contributed by atoms with Crippen molar-refractivity contribution in [1.82, 2.24) is 9.97 Å². The van der Waals surface area contributed by atoms with E-state index >= 15 is 0 Å². The van der Waals surface area contributed by atoms with E-state index in [0.717, 1.165) is 15.9 Å². The van der Waals surface area contributed by atoms with Crippen LogP contribution in [-0.4, -0.2) is 27.5 Å². The first-order valence-electron chi connectivity index (χ1n) is 4.50. The van der Waals surface area contributed by atoms with E-state index in [9.17, 15) is 0 Å². The Kier molecular flexibility index (Phi) is 3.16. The molecule has 5 heteroatoms. The van der Waals surface area contributed by atoms with Crippen LogP contribution in [0.1, 0.15) is 12.8 Å². The fourth-order valence-electron chi connectivity index (χ4n) is 1.28. The van der Waals surface area contributed by atoms with Gasteiger partial charge in [-0.15, -0.1) is 0 Å². The monoisotopic (exact) mass is 321 g/mol. The molecule has 1 saturated carbocycles. The summed E-state index contributed by atoms with van der Waals surface area (Å²) in [5.41, 5.74) is 0. The smallest absolute Gasteiger partial charge is 0.142 e. The van der Waals surface area contributed by atoms with Gasteiger partial charge in [0.25, 0.3) is 0 Å². The molecule has 0 aliphatic heterocycles. The largest absolute Gasteiger partial charge is 0.368 e. The average Bonchev–Trinajstić information content (AvgIpc) is 2.98. The Labute approximate surface area is 102 Å². The Hall–Kier alpha value is -0.0400. The zero-order chi connectivity index (χ0) is 10.0. The van der Waals surface area contributed by atoms with E-state index in [4.69, 9.17) is 0 Å². The van der Waals surface area contributed by atoms with Gasteiger partial charge < -0.3 is 5.32 Å². The van der Waals surface area contributed by atoms with Gasteiger partial charge in [-0.25, -0.2) is 9.97 Å². The fourth-order valence-corrected chi connectivity index (χ4v) is 2.50. The molecule has 0 saturated heterocycles. The van der Waals surface area contributed by atoms with Gasteiger partial charge in [-0.1, -0.05) is 0 Å². The zero-order valence-corrected chi connectivity index (χ0v) is 10.9. The maximum absolute atomic E-state index is 4.20. The van der Waals surface area contributed by atoms with E-state index in [0.29, 0.717) is 4.75 Å². The number of aromatic nitrogens is 2. The summed E-state index contributed by atoms with van der Waals surface area (Å²) in [5, 5.41) is 3.39. The van der Waals surface area contributed by atoms with Crippen LogP contribution in [0.25, 0.3) is 0 Å². The van der Waals surface area contributed by atoms with E-state index in [2.05, 4.69) is 44.1 Å². The number of rotatable bonds is 4. The molecule has 0 unspecified atom stereocenters. The zero-order valence-electron chi connectivity index (χ0n) is 7.96. The second-order valence-electron chi connectivity index (χ2n) is 3.46. The van der Waals surface area contributed by atoms with Gasteiger partial charge in [-0.05, 0) is 41.7 Å². The van der Waals surface area contributed by atoms with Crippen molar-refractivity contribution in [3.8, 4) is 0 Å². The minimum absolute atomic E-state index is 0.480. The summed E-state index contributed by atoms with van der Waals surface area (Å²) in [6.07, 6.45) is 8.24. The summed E-state index contributed by atoms with van der Waals surface area (Å²) >= 11 is 4.21. The molecule has 0 bridgehead atoms. The summed E-state index contributed by atoms with van der Waals surface area (Å²) < 4.78 is 1.57. The van der Waals surface area contributed by atoms with E-state index in [1.807, 2.05) is 18.0 Å². The van der Waals surface area contributed by atoms with Gasteiger partial charge in [0.15, 0.2) is 0 Å². The van der Waals surface area contributed by atoms with Crippen molar-refractivity contribution in [3.63, 3.8) is 0 Å². The van der Waals surface area contributed by atoms with Crippen LogP contribution in [0.5, 0.6) is 0 Å². The van der Waals surface area contributed by atoms with Crippen molar-refractivity contribution in [2.75, 3.05) is 18.1 Å². The summed E-state index contributed by atoms with van der Waals surface area (Å²) in [7, 11) is 0. The summed E-state index contributed by atoms with van der Waals surface area (Å²) in [4.78, 5) is 8.17. The Bertz CT molecular complexity index is 328. The molecule has 14 heavy (non-hydrogen) atoms. The SMILES string of the molecule is CSC1(CNc2ncncc2I)CC1. The number of hydrogen-bond acceptors (Lipinski definition) is 4. The van der Waals surface area contributed by atoms with E-state index in [-0.39, 0.29) is 0 Å². The Balaban J connectivity index is 1.95. The average molecular weight is 321 g/mol. The molecule has 76 valence electrons. The second-order valence-corrected chi connectivity index (χ2v) is 5.90. The van der Waals surface area contributed by atoms with Crippen LogP contribution in [0.2, 0.25) is 0 Å². The molecular weight excluding hydrogens is 309 g/mol. The molecule has 1 aromatic rings. The van der Waals surface area contributed by atoms with Crippen LogP contribution >= 0.6 is 34.4 Å². The van der Waals surface area contributed by atoms with E-state index in [1.165, 1.54) is 12.8 Å². The van der Waals surface area contributed by atoms with E-state index in [1.54, 1.807) is 6.33 Å². The van der Waals surface area contributed by atoms with Crippen molar-refractivity contribution < 1.29 is 0 Å². The molecule has 0 amide bonds. The standard InChI is InChI=1S/C9H12IN3S/c1-14-9(2-3-9)5-12-8-7(10)4-11-6-13-8/h4,6H,2-3,5H2,1H3,(H,11,12,13). The molecule has 1 heterocycles. The Morgan fingerprint density at radius 2 is 2.43 bits per heavy atom. The maximum atomic E-state index is 4.20. The van der Waals surface area contributed by atoms with Gasteiger partial charge in [0.1, 0.15) is 12.1 Å². The molecule has 0 spiro atoms. The van der Waals surface area contributed by atoms with Crippen LogP contribution in [-0.2, 0) is 0 Å². The van der Waals surface area contributed by atoms with Crippen molar-refractivity contribution in [2.24, 2.45) is 0 Å². The lowest BCUT2D eigenvalue weighted by atomic mass is 10.4. The van der Waals surface area contributed by atoms with Gasteiger partial charge in [-0.2, -0.15) is 11.8 Å². The number of thioether (sulfide) groups is 1. The topological polar surface area (TPSA) is 37.8 Å². The van der Waals surface area contributed by atoms with Crippen LogP contribution in [0.3, 0.4) is 0 Å². The van der Waals surface area contributed by atoms with Crippen LogP contribution in [0.4, 0.5) is 5.82 Å². The Morgan fingerprint density at radius 1 is 1.64 bits per heavy atom. The van der Waals surface area contributed by atoms with Crippen molar-refractivity contribution in [1.29, 1.82) is 0 Å². The number of halogens is 1. The summed E-state index contributed by atoms with van der Waals surface area (Å²) in [5.74, 6) is 0.959. The first kappa shape index (κ1) is 10.5. The third-order valence-corrected chi connectivity index (χ3v) is 4.69. The molecule has 1 fully saturated rings. The van der Waals surface area contributed by atoms with Gasteiger partial charge in [0.05, 0.1) is 3.57 Å². The molecule has 1 aliphatic carbocycles. The minimum Gasteiger partial charge on any atom is -0.368 e. The lowest BCUT2D eigenvalue weighted by molar-refractivity contribution is 0.934. The first-order chi connectivity index (χ1) is 6.76. The molecule has 2 rings (SSSR count). The minimum atomic E-state index is 0.480. The number of anilines is 1. The lowest BCUT2D eigenvalue weighted by Crippen LogP contribution is -2.18. The second kappa shape index (κ2) is 4.22. The van der Waals surface area contributed by atoms with Crippen molar-refractivity contribution >= 4 is 40.2 Å². The molecule has 0 aromatic carbocycles. The molecule has 3 nitrogen and oxygen atoms in total. The van der Waals surface area contributed by atoms with Crippen LogP contribution in [0, 0.1) is 3.57 Å². The summed E-state index contributed by atoms with van der Waals surface area (Å²) in [6.45, 7) is 1.02. The third kappa shape index (κ3) is 2.31. The molecular formula is C9H12IN3S. The highest BCUT2D eigenvalue weighted by Crippen LogP contribution is 2.47. The highest BCUT2D eigenvalue weighted by atomic mass is 127. The highest BCUT2D eigenvalue weighted by Gasteiger charge is 2.41. The third-order valence-electron chi connectivity index (χ3n) is 2.49. The van der Waals surface area contributed by atoms with Crippen LogP contribution in [0.15, 0.2) is 12.5 Å². The predicted molar refractivity (Wildman–Crippen MR) is 68.7 cm³/mol. The molecule has 1 aromatic heterocycles. The van der Waals surface area contributed by atoms with E-state index < -0.39 is 0 Å². The van der Waals surface area contributed by atoms with Gasteiger partial charge in [-0.3, -0.25) is 0 Å². The number of nitrogens with zero attached hydrogens (tertiary/aromatic N) is 2. The molecule has 1 N–H and O–H groups in total. The summed E-state index contributed by atoms with van der Waals surface area (Å²) in [6, 6.07) is 0. The first-order valence-corrected chi connectivity index (χ1v) is 6.81. The molecule has 0 atom stereocenters. The lowest BCUT2D eigenvalue weighted by Gasteiger charge is -2.13. The van der Waals surface area contributed by atoms with Crippen molar-refractivity contribution in [2.45, 2.75) is 17.6 Å².